The molecule has 156 valence electrons. The Kier molecular flexibility index (Phi) is 7.69. The van der Waals surface area contributed by atoms with E-state index in [9.17, 15) is 4.79 Å². The maximum atomic E-state index is 11.0. The summed E-state index contributed by atoms with van der Waals surface area (Å²) in [5.41, 5.74) is 0.866. The molecule has 0 radical (unpaired) electrons. The van der Waals surface area contributed by atoms with E-state index < -0.39 is 12.1 Å². The number of methoxy groups -OCH3 is 1. The smallest absolute Gasteiger partial charge is 0.333 e. The van der Waals surface area contributed by atoms with Crippen LogP contribution in [0.2, 0.25) is 0 Å². The third-order valence-electron chi connectivity index (χ3n) is 4.33. The van der Waals surface area contributed by atoms with E-state index in [1.54, 1.807) is 12.1 Å². The van der Waals surface area contributed by atoms with E-state index in [0.717, 1.165) is 22.8 Å². The predicted molar refractivity (Wildman–Crippen MR) is 113 cm³/mol. The van der Waals surface area contributed by atoms with Gasteiger partial charge in [0.05, 0.1) is 0 Å². The Morgan fingerprint density at radius 2 is 1.27 bits per heavy atom. The summed E-state index contributed by atoms with van der Waals surface area (Å²) in [7, 11) is 1.39. The normalized spacial score (nSPS) is 11.5. The van der Waals surface area contributed by atoms with Gasteiger partial charge in [-0.3, -0.25) is 0 Å². The van der Waals surface area contributed by atoms with Crippen molar-refractivity contribution in [1.29, 1.82) is 0 Å². The molecule has 0 heterocycles. The Bertz CT molecular complexity index is 907. The van der Waals surface area contributed by atoms with Gasteiger partial charge in [0.25, 0.3) is 0 Å². The van der Waals surface area contributed by atoms with Gasteiger partial charge in [0.2, 0.25) is 0 Å². The van der Waals surface area contributed by atoms with E-state index in [1.807, 2.05) is 66.7 Å². The predicted octanol–water partition coefficient (Wildman–Crippen LogP) is 4.58. The second-order valence-electron chi connectivity index (χ2n) is 6.49. The topological polar surface area (TPSA) is 74.2 Å². The molecule has 3 aromatic carbocycles. The lowest BCUT2D eigenvalue weighted by Gasteiger charge is -2.12. The van der Waals surface area contributed by atoms with Crippen LogP contribution in [0.25, 0.3) is 0 Å². The minimum absolute atomic E-state index is 0.305. The van der Waals surface area contributed by atoms with Gasteiger partial charge in [0, 0.05) is 13.5 Å². The van der Waals surface area contributed by atoms with Gasteiger partial charge in [-0.05, 0) is 54.1 Å². The molecule has 6 heteroatoms. The van der Waals surface area contributed by atoms with Gasteiger partial charge in [-0.1, -0.05) is 30.3 Å². The number of para-hydroxylation sites is 1. The van der Waals surface area contributed by atoms with E-state index >= 15 is 0 Å². The molecule has 6 nitrogen and oxygen atoms in total. The number of carboxylic acids is 1. The Morgan fingerprint density at radius 3 is 1.80 bits per heavy atom. The molecule has 0 amide bonds. The van der Waals surface area contributed by atoms with Crippen LogP contribution in [0.3, 0.4) is 0 Å². The van der Waals surface area contributed by atoms with Crippen LogP contribution in [0, 0.1) is 0 Å². The molecule has 3 aromatic rings. The van der Waals surface area contributed by atoms with Crippen molar-refractivity contribution >= 4 is 5.97 Å². The highest BCUT2D eigenvalue weighted by atomic mass is 16.5. The number of rotatable bonds is 11. The van der Waals surface area contributed by atoms with Crippen LogP contribution in [-0.2, 0) is 16.0 Å². The molecule has 1 N–H and O–H groups in total. The molecular formula is C24H24O6. The molecule has 3 rings (SSSR count). The minimum atomic E-state index is -0.977. The van der Waals surface area contributed by atoms with Gasteiger partial charge in [-0.2, -0.15) is 0 Å². The molecule has 0 fully saturated rings. The highest BCUT2D eigenvalue weighted by Crippen LogP contribution is 2.23. The second-order valence-corrected chi connectivity index (χ2v) is 6.49. The fourth-order valence-corrected chi connectivity index (χ4v) is 2.75. The molecule has 0 bridgehead atoms. The lowest BCUT2D eigenvalue weighted by atomic mass is 10.1. The van der Waals surface area contributed by atoms with Crippen LogP contribution in [0.15, 0.2) is 78.9 Å². The maximum absolute atomic E-state index is 11.0. The summed E-state index contributed by atoms with van der Waals surface area (Å²) < 4.78 is 22.1. The molecule has 0 aromatic heterocycles. The van der Waals surface area contributed by atoms with Gasteiger partial charge in [-0.25, -0.2) is 4.79 Å². The number of carbonyl (C=O) groups is 1. The molecule has 0 spiro atoms. The van der Waals surface area contributed by atoms with Crippen LogP contribution in [0.5, 0.6) is 23.0 Å². The third-order valence-corrected chi connectivity index (χ3v) is 4.33. The van der Waals surface area contributed by atoms with Gasteiger partial charge in [0.15, 0.2) is 6.10 Å². The minimum Gasteiger partial charge on any atom is -0.490 e. The van der Waals surface area contributed by atoms with E-state index in [1.165, 1.54) is 7.11 Å². The van der Waals surface area contributed by atoms with E-state index in [4.69, 9.17) is 24.1 Å². The number of carboxylic acid groups (broad SMARTS) is 1. The number of hydrogen-bond acceptors (Lipinski definition) is 5. The van der Waals surface area contributed by atoms with Crippen LogP contribution in [-0.4, -0.2) is 37.5 Å². The van der Waals surface area contributed by atoms with E-state index in [-0.39, 0.29) is 0 Å². The number of ether oxygens (including phenoxy) is 4. The van der Waals surface area contributed by atoms with Crippen LogP contribution < -0.4 is 14.2 Å². The first kappa shape index (κ1) is 21.2. The van der Waals surface area contributed by atoms with E-state index in [0.29, 0.717) is 25.4 Å². The lowest BCUT2D eigenvalue weighted by molar-refractivity contribution is -0.148. The van der Waals surface area contributed by atoms with Gasteiger partial charge >= 0.3 is 5.97 Å². The average Bonchev–Trinajstić information content (AvgIpc) is 2.77. The van der Waals surface area contributed by atoms with Crippen molar-refractivity contribution in [1.82, 2.24) is 0 Å². The van der Waals surface area contributed by atoms with Crippen molar-refractivity contribution in [2.75, 3.05) is 20.3 Å². The third kappa shape index (κ3) is 6.53. The van der Waals surface area contributed by atoms with Gasteiger partial charge in [-0.15, -0.1) is 0 Å². The largest absolute Gasteiger partial charge is 0.490 e. The molecule has 1 atom stereocenters. The van der Waals surface area contributed by atoms with Crippen LogP contribution in [0.4, 0.5) is 0 Å². The molecule has 0 saturated heterocycles. The molecule has 30 heavy (non-hydrogen) atoms. The zero-order chi connectivity index (χ0) is 21.2. The number of benzene rings is 3. The van der Waals surface area contributed by atoms with Crippen molar-refractivity contribution in [3.63, 3.8) is 0 Å². The molecule has 0 saturated carbocycles. The van der Waals surface area contributed by atoms with Crippen molar-refractivity contribution in [3.8, 4) is 23.0 Å². The summed E-state index contributed by atoms with van der Waals surface area (Å²) in [6, 6.07) is 24.3. The zero-order valence-electron chi connectivity index (χ0n) is 16.7. The molecule has 0 aliphatic heterocycles. The Balaban J connectivity index is 1.40. The van der Waals surface area contributed by atoms with Crippen LogP contribution in [0.1, 0.15) is 5.56 Å². The summed E-state index contributed by atoms with van der Waals surface area (Å²) in [5.74, 6) is 1.97. The Hall–Kier alpha value is -3.51. The Morgan fingerprint density at radius 1 is 0.767 bits per heavy atom. The SMILES string of the molecule is COC(Cc1ccc(OCCOc2ccc(Oc3ccccc3)cc2)cc1)C(=O)O. The Labute approximate surface area is 175 Å². The van der Waals surface area contributed by atoms with Crippen molar-refractivity contribution in [2.45, 2.75) is 12.5 Å². The van der Waals surface area contributed by atoms with Gasteiger partial charge in [0.1, 0.15) is 36.2 Å². The van der Waals surface area contributed by atoms with Crippen molar-refractivity contribution in [2.24, 2.45) is 0 Å². The first-order valence-electron chi connectivity index (χ1n) is 9.57. The van der Waals surface area contributed by atoms with Crippen molar-refractivity contribution in [3.05, 3.63) is 84.4 Å². The fourth-order valence-electron chi connectivity index (χ4n) is 2.75. The van der Waals surface area contributed by atoms with Gasteiger partial charge < -0.3 is 24.1 Å². The van der Waals surface area contributed by atoms with Crippen LogP contribution >= 0.6 is 0 Å². The summed E-state index contributed by atoms with van der Waals surface area (Å²) >= 11 is 0. The maximum Gasteiger partial charge on any atom is 0.333 e. The molecule has 1 unspecified atom stereocenters. The highest BCUT2D eigenvalue weighted by Gasteiger charge is 2.16. The molecule has 0 aliphatic rings. The van der Waals surface area contributed by atoms with E-state index in [2.05, 4.69) is 0 Å². The zero-order valence-corrected chi connectivity index (χ0v) is 16.7. The summed E-state index contributed by atoms with van der Waals surface area (Å²) in [5, 5.41) is 9.04. The highest BCUT2D eigenvalue weighted by molar-refractivity contribution is 5.72. The summed E-state index contributed by atoms with van der Waals surface area (Å²) in [6.07, 6.45) is -0.547. The number of aliphatic carboxylic acids is 1. The first-order valence-corrected chi connectivity index (χ1v) is 9.57. The summed E-state index contributed by atoms with van der Waals surface area (Å²) in [4.78, 5) is 11.0. The first-order chi connectivity index (χ1) is 14.6. The average molecular weight is 408 g/mol. The monoisotopic (exact) mass is 408 g/mol. The lowest BCUT2D eigenvalue weighted by Crippen LogP contribution is -2.24. The fraction of sp³-hybridized carbons (Fsp3) is 0.208. The summed E-state index contributed by atoms with van der Waals surface area (Å²) in [6.45, 7) is 0.781. The molecular weight excluding hydrogens is 384 g/mol. The second kappa shape index (κ2) is 10.9. The quantitative estimate of drug-likeness (QED) is 0.468. The molecule has 0 aliphatic carbocycles. The van der Waals surface area contributed by atoms with Crippen molar-refractivity contribution < 1.29 is 28.8 Å². The standard InChI is InChI=1S/C24H24O6/c1-27-23(24(25)26)17-18-7-9-19(10-8-18)28-15-16-29-20-11-13-22(14-12-20)30-21-5-3-2-4-6-21/h2-14,23H,15-17H2,1H3,(H,25,26). The number of hydrogen-bond donors (Lipinski definition) is 1.